The number of carbonyl (C=O) groups is 2. The second-order valence-electron chi connectivity index (χ2n) is 6.51. The summed E-state index contributed by atoms with van der Waals surface area (Å²) >= 11 is 7.70. The number of nitrogens with zero attached hydrogens (tertiary/aromatic N) is 1. The molecule has 0 radical (unpaired) electrons. The predicted octanol–water partition coefficient (Wildman–Crippen LogP) is 3.66. The number of carbonyl (C=O) groups excluding carboxylic acids is 2. The Balaban J connectivity index is 1.37. The van der Waals surface area contributed by atoms with Crippen LogP contribution in [0.3, 0.4) is 0 Å². The number of amides is 2. The average Bonchev–Trinajstić information content (AvgIpc) is 3.23. The summed E-state index contributed by atoms with van der Waals surface area (Å²) in [5.74, 6) is 0.971. The van der Waals surface area contributed by atoms with Crippen molar-refractivity contribution >= 4 is 40.4 Å². The minimum absolute atomic E-state index is 0.0405. The molecule has 0 unspecified atom stereocenters. The summed E-state index contributed by atoms with van der Waals surface area (Å²) in [4.78, 5) is 27.6. The first-order valence-electron chi connectivity index (χ1n) is 8.84. The minimum Gasteiger partial charge on any atom is -0.486 e. The van der Waals surface area contributed by atoms with Gasteiger partial charge in [-0.05, 0) is 24.3 Å². The van der Waals surface area contributed by atoms with Crippen molar-refractivity contribution in [3.63, 3.8) is 0 Å². The first-order chi connectivity index (χ1) is 13.1. The van der Waals surface area contributed by atoms with E-state index in [2.05, 4.69) is 5.32 Å². The summed E-state index contributed by atoms with van der Waals surface area (Å²) in [5, 5.41) is 5.20. The number of benzene rings is 1. The van der Waals surface area contributed by atoms with Crippen LogP contribution in [0, 0.1) is 5.92 Å². The van der Waals surface area contributed by atoms with Crippen LogP contribution in [-0.2, 0) is 4.79 Å². The molecule has 142 valence electrons. The fraction of sp³-hybridized carbons (Fsp3) is 0.368. The zero-order valence-corrected chi connectivity index (χ0v) is 16.1. The molecule has 0 aliphatic carbocycles. The standard InChI is InChI=1S/C19H19ClN2O4S/c20-13-10-15-16(26-8-7-25-15)11-14(13)21-18(23)12-3-5-22(6-4-12)19(24)17-2-1-9-27-17/h1-2,9-12H,3-8H2,(H,21,23). The van der Waals surface area contributed by atoms with Gasteiger partial charge < -0.3 is 19.7 Å². The first kappa shape index (κ1) is 18.1. The second kappa shape index (κ2) is 7.78. The Morgan fingerprint density at radius 1 is 1.15 bits per heavy atom. The van der Waals surface area contributed by atoms with E-state index in [9.17, 15) is 9.59 Å². The van der Waals surface area contributed by atoms with Crippen LogP contribution >= 0.6 is 22.9 Å². The minimum atomic E-state index is -0.151. The van der Waals surface area contributed by atoms with Gasteiger partial charge in [0.2, 0.25) is 5.91 Å². The van der Waals surface area contributed by atoms with Crippen LogP contribution in [0.1, 0.15) is 22.5 Å². The maximum absolute atomic E-state index is 12.6. The smallest absolute Gasteiger partial charge is 0.263 e. The summed E-state index contributed by atoms with van der Waals surface area (Å²) < 4.78 is 11.0. The molecule has 1 saturated heterocycles. The maximum Gasteiger partial charge on any atom is 0.263 e. The third kappa shape index (κ3) is 3.89. The van der Waals surface area contributed by atoms with Crippen molar-refractivity contribution in [2.45, 2.75) is 12.8 Å². The van der Waals surface area contributed by atoms with Gasteiger partial charge in [-0.15, -0.1) is 11.3 Å². The fourth-order valence-corrected chi connectivity index (χ4v) is 4.19. The highest BCUT2D eigenvalue weighted by Gasteiger charge is 2.29. The molecule has 0 spiro atoms. The lowest BCUT2D eigenvalue weighted by Crippen LogP contribution is -2.41. The summed E-state index contributed by atoms with van der Waals surface area (Å²) in [6, 6.07) is 7.06. The molecule has 1 aromatic heterocycles. The molecule has 1 fully saturated rings. The van der Waals surface area contributed by atoms with E-state index in [-0.39, 0.29) is 17.7 Å². The van der Waals surface area contributed by atoms with E-state index < -0.39 is 0 Å². The van der Waals surface area contributed by atoms with Gasteiger partial charge in [0.25, 0.3) is 5.91 Å². The number of halogens is 1. The lowest BCUT2D eigenvalue weighted by Gasteiger charge is -2.31. The largest absolute Gasteiger partial charge is 0.486 e. The van der Waals surface area contributed by atoms with Crippen molar-refractivity contribution < 1.29 is 19.1 Å². The van der Waals surface area contributed by atoms with Gasteiger partial charge in [-0.1, -0.05) is 17.7 Å². The van der Waals surface area contributed by atoms with Gasteiger partial charge in [-0.3, -0.25) is 9.59 Å². The van der Waals surface area contributed by atoms with E-state index >= 15 is 0 Å². The van der Waals surface area contributed by atoms with Crippen LogP contribution in [-0.4, -0.2) is 43.0 Å². The number of rotatable bonds is 3. The highest BCUT2D eigenvalue weighted by atomic mass is 35.5. The van der Waals surface area contributed by atoms with E-state index in [0.29, 0.717) is 61.4 Å². The van der Waals surface area contributed by atoms with E-state index in [1.807, 2.05) is 22.4 Å². The number of fused-ring (bicyclic) bond motifs is 1. The van der Waals surface area contributed by atoms with Crippen LogP contribution in [0.5, 0.6) is 11.5 Å². The molecule has 2 aliphatic heterocycles. The van der Waals surface area contributed by atoms with Crippen LogP contribution in [0.4, 0.5) is 5.69 Å². The molecule has 27 heavy (non-hydrogen) atoms. The summed E-state index contributed by atoms with van der Waals surface area (Å²) in [6.45, 7) is 2.10. The van der Waals surface area contributed by atoms with Gasteiger partial charge in [0.15, 0.2) is 11.5 Å². The highest BCUT2D eigenvalue weighted by Crippen LogP contribution is 2.38. The first-order valence-corrected chi connectivity index (χ1v) is 10.1. The Morgan fingerprint density at radius 3 is 2.52 bits per heavy atom. The molecule has 0 saturated carbocycles. The third-order valence-corrected chi connectivity index (χ3v) is 5.95. The van der Waals surface area contributed by atoms with Gasteiger partial charge in [0.1, 0.15) is 13.2 Å². The number of thiophene rings is 1. The van der Waals surface area contributed by atoms with Crippen LogP contribution in [0.15, 0.2) is 29.6 Å². The normalized spacial score (nSPS) is 16.9. The van der Waals surface area contributed by atoms with Crippen LogP contribution < -0.4 is 14.8 Å². The fourth-order valence-electron chi connectivity index (χ4n) is 3.30. The van der Waals surface area contributed by atoms with Crippen molar-refractivity contribution in [2.24, 2.45) is 5.92 Å². The molecule has 3 heterocycles. The van der Waals surface area contributed by atoms with Gasteiger partial charge in [0, 0.05) is 31.1 Å². The Bertz CT molecular complexity index is 848. The molecule has 2 amide bonds. The molecule has 2 aliphatic rings. The van der Waals surface area contributed by atoms with Gasteiger partial charge >= 0.3 is 0 Å². The lowest BCUT2D eigenvalue weighted by molar-refractivity contribution is -0.121. The summed E-state index contributed by atoms with van der Waals surface area (Å²) in [5.41, 5.74) is 0.517. The number of nitrogens with one attached hydrogen (secondary N) is 1. The molecule has 6 nitrogen and oxygen atoms in total. The van der Waals surface area contributed by atoms with Crippen molar-refractivity contribution in [1.82, 2.24) is 4.90 Å². The van der Waals surface area contributed by atoms with E-state index in [1.54, 1.807) is 12.1 Å². The van der Waals surface area contributed by atoms with Gasteiger partial charge in [0.05, 0.1) is 15.6 Å². The van der Waals surface area contributed by atoms with Gasteiger partial charge in [-0.25, -0.2) is 0 Å². The average molecular weight is 407 g/mol. The Kier molecular flexibility index (Phi) is 5.22. The van der Waals surface area contributed by atoms with E-state index in [4.69, 9.17) is 21.1 Å². The van der Waals surface area contributed by atoms with Crippen molar-refractivity contribution in [3.8, 4) is 11.5 Å². The summed E-state index contributed by atoms with van der Waals surface area (Å²) in [7, 11) is 0. The molecule has 4 rings (SSSR count). The van der Waals surface area contributed by atoms with E-state index in [1.165, 1.54) is 11.3 Å². The zero-order chi connectivity index (χ0) is 18.8. The lowest BCUT2D eigenvalue weighted by atomic mass is 9.95. The van der Waals surface area contributed by atoms with Crippen molar-refractivity contribution in [3.05, 3.63) is 39.5 Å². The molecule has 2 aromatic rings. The number of piperidine rings is 1. The molecule has 0 atom stereocenters. The van der Waals surface area contributed by atoms with Crippen LogP contribution in [0.25, 0.3) is 0 Å². The molecular formula is C19H19ClN2O4S. The quantitative estimate of drug-likeness (QED) is 0.844. The highest BCUT2D eigenvalue weighted by molar-refractivity contribution is 7.12. The molecule has 8 heteroatoms. The Morgan fingerprint density at radius 2 is 1.85 bits per heavy atom. The SMILES string of the molecule is O=C(Nc1cc2c(cc1Cl)OCCO2)C1CCN(C(=O)c2cccs2)CC1. The third-order valence-electron chi connectivity index (χ3n) is 4.77. The number of ether oxygens (including phenoxy) is 2. The predicted molar refractivity (Wildman–Crippen MR) is 104 cm³/mol. The molecule has 1 aromatic carbocycles. The maximum atomic E-state index is 12.6. The Labute approximate surface area is 166 Å². The number of likely N-dealkylation sites (tertiary alicyclic amines) is 1. The zero-order valence-electron chi connectivity index (χ0n) is 14.6. The second-order valence-corrected chi connectivity index (χ2v) is 7.86. The topological polar surface area (TPSA) is 67.9 Å². The number of hydrogen-bond donors (Lipinski definition) is 1. The monoisotopic (exact) mass is 406 g/mol. The molecule has 0 bridgehead atoms. The van der Waals surface area contributed by atoms with Crippen molar-refractivity contribution in [2.75, 3.05) is 31.6 Å². The molecule has 1 N–H and O–H groups in total. The number of hydrogen-bond acceptors (Lipinski definition) is 5. The van der Waals surface area contributed by atoms with Gasteiger partial charge in [-0.2, -0.15) is 0 Å². The van der Waals surface area contributed by atoms with E-state index in [0.717, 1.165) is 4.88 Å². The van der Waals surface area contributed by atoms with Crippen LogP contribution in [0.2, 0.25) is 5.02 Å². The Hall–Kier alpha value is -2.25. The molecular weight excluding hydrogens is 388 g/mol. The van der Waals surface area contributed by atoms with Crippen molar-refractivity contribution in [1.29, 1.82) is 0 Å². The number of anilines is 1. The summed E-state index contributed by atoms with van der Waals surface area (Å²) in [6.07, 6.45) is 1.26.